The van der Waals surface area contributed by atoms with E-state index in [-0.39, 0.29) is 53.6 Å². The molecule has 4 aliphatic carbocycles. The van der Waals surface area contributed by atoms with Gasteiger partial charge in [0, 0.05) is 6.42 Å². The molecule has 2 aliphatic heterocycles. The van der Waals surface area contributed by atoms with E-state index < -0.39 is 11.0 Å². The summed E-state index contributed by atoms with van der Waals surface area (Å²) in [6, 6.07) is 0. The van der Waals surface area contributed by atoms with Crippen LogP contribution in [-0.2, 0) is 23.9 Å². The van der Waals surface area contributed by atoms with Crippen molar-refractivity contribution in [2.45, 2.75) is 84.0 Å². The summed E-state index contributed by atoms with van der Waals surface area (Å²) in [6.45, 7) is 8.31. The number of ketones is 2. The van der Waals surface area contributed by atoms with Gasteiger partial charge >= 0.3 is 5.97 Å². The highest BCUT2D eigenvalue weighted by Gasteiger charge is 2.80. The maximum Gasteiger partial charge on any atom is 0.336 e. The Balaban J connectivity index is 1.28. The van der Waals surface area contributed by atoms with Crippen molar-refractivity contribution in [2.24, 2.45) is 40.4 Å². The third kappa shape index (κ3) is 2.57. The number of rotatable bonds is 3. The minimum atomic E-state index is -0.913. The normalized spacial score (nSPS) is 50.2. The lowest BCUT2D eigenvalue weighted by molar-refractivity contribution is -0.155. The standard InChI is InChI=1S/C28H36O6/c1-14-11-21(33-25(32)17(14)13-29)15(2)18-5-6-19-16-12-24-28(34-24)23(31)8-7-22(30)27(28,4)20(16)9-10-26(18,19)3/h7-8,15-16,18-21,24,29H,5-6,9-13H2,1-4H3/t15-,16?,18?,19?,20?,21?,24+,26+,27-,28+/m0/s1. The van der Waals surface area contributed by atoms with Crippen LogP contribution in [0, 0.1) is 40.4 Å². The number of epoxide rings is 1. The maximum absolute atomic E-state index is 13.3. The minimum absolute atomic E-state index is 0.0194. The molecule has 10 atom stereocenters. The molecular weight excluding hydrogens is 432 g/mol. The van der Waals surface area contributed by atoms with Crippen LogP contribution in [0.5, 0.6) is 0 Å². The number of allylic oxidation sites excluding steroid dienone is 1. The fourth-order valence-electron chi connectivity index (χ4n) is 9.51. The van der Waals surface area contributed by atoms with Gasteiger partial charge in [-0.3, -0.25) is 9.59 Å². The first-order valence-electron chi connectivity index (χ1n) is 13.0. The maximum atomic E-state index is 13.3. The zero-order valence-electron chi connectivity index (χ0n) is 20.6. The Morgan fingerprint density at radius 3 is 2.53 bits per heavy atom. The van der Waals surface area contributed by atoms with Gasteiger partial charge in [-0.25, -0.2) is 4.79 Å². The van der Waals surface area contributed by atoms with Gasteiger partial charge in [-0.15, -0.1) is 0 Å². The van der Waals surface area contributed by atoms with Crippen molar-refractivity contribution >= 4 is 17.5 Å². The van der Waals surface area contributed by atoms with E-state index in [0.29, 0.717) is 29.7 Å². The molecule has 6 heteroatoms. The Kier molecular flexibility index (Phi) is 4.75. The molecule has 0 radical (unpaired) electrons. The predicted molar refractivity (Wildman–Crippen MR) is 123 cm³/mol. The third-order valence-corrected chi connectivity index (χ3v) is 11.4. The zero-order chi connectivity index (χ0) is 24.2. The monoisotopic (exact) mass is 468 g/mol. The molecule has 0 aromatic carbocycles. The summed E-state index contributed by atoms with van der Waals surface area (Å²) in [4.78, 5) is 38.6. The Hall–Kier alpha value is -1.79. The van der Waals surface area contributed by atoms with E-state index in [1.165, 1.54) is 12.2 Å². The van der Waals surface area contributed by atoms with Crippen molar-refractivity contribution in [2.75, 3.05) is 6.61 Å². The van der Waals surface area contributed by atoms with Crippen LogP contribution in [0.15, 0.2) is 23.3 Å². The topological polar surface area (TPSA) is 93.2 Å². The molecule has 0 bridgehead atoms. The summed E-state index contributed by atoms with van der Waals surface area (Å²) >= 11 is 0. The smallest absolute Gasteiger partial charge is 0.336 e. The second-order valence-electron chi connectivity index (χ2n) is 12.4. The van der Waals surface area contributed by atoms with Crippen LogP contribution in [-0.4, -0.2) is 47.1 Å². The number of cyclic esters (lactones) is 1. The van der Waals surface area contributed by atoms with Crippen LogP contribution < -0.4 is 0 Å². The molecule has 6 rings (SSSR count). The highest BCUT2D eigenvalue weighted by atomic mass is 16.6. The average molecular weight is 469 g/mol. The lowest BCUT2D eigenvalue weighted by atomic mass is 9.44. The molecule has 1 spiro atoms. The fourth-order valence-corrected chi connectivity index (χ4v) is 9.51. The number of fused-ring (bicyclic) bond motifs is 4. The molecule has 5 unspecified atom stereocenters. The Bertz CT molecular complexity index is 1040. The van der Waals surface area contributed by atoms with Gasteiger partial charge in [-0.2, -0.15) is 0 Å². The fraction of sp³-hybridized carbons (Fsp3) is 0.750. The summed E-state index contributed by atoms with van der Waals surface area (Å²) in [5.41, 5.74) is -0.202. The molecule has 0 amide bonds. The van der Waals surface area contributed by atoms with Gasteiger partial charge in [0.1, 0.15) is 6.10 Å². The summed E-state index contributed by atoms with van der Waals surface area (Å²) < 4.78 is 12.0. The number of aliphatic hydroxyl groups excluding tert-OH is 1. The Morgan fingerprint density at radius 1 is 1.09 bits per heavy atom. The molecule has 6 nitrogen and oxygen atoms in total. The highest BCUT2D eigenvalue weighted by molar-refractivity contribution is 6.15. The van der Waals surface area contributed by atoms with E-state index in [4.69, 9.17) is 9.47 Å². The van der Waals surface area contributed by atoms with Gasteiger partial charge in [0.05, 0.1) is 23.7 Å². The molecule has 1 N–H and O–H groups in total. The lowest BCUT2D eigenvalue weighted by Crippen LogP contribution is -2.62. The van der Waals surface area contributed by atoms with Crippen LogP contribution in [0.25, 0.3) is 0 Å². The first kappa shape index (κ1) is 22.7. The number of hydrogen-bond acceptors (Lipinski definition) is 6. The molecule has 4 fully saturated rings. The molecule has 1 saturated heterocycles. The summed E-state index contributed by atoms with van der Waals surface area (Å²) in [7, 11) is 0. The molecule has 6 aliphatic rings. The van der Waals surface area contributed by atoms with E-state index in [2.05, 4.69) is 13.8 Å². The highest BCUT2D eigenvalue weighted by Crippen LogP contribution is 2.72. The Labute approximate surface area is 201 Å². The number of carbonyl (C=O) groups is 3. The van der Waals surface area contributed by atoms with Crippen molar-refractivity contribution in [3.8, 4) is 0 Å². The van der Waals surface area contributed by atoms with Crippen LogP contribution >= 0.6 is 0 Å². The summed E-state index contributed by atoms with van der Waals surface area (Å²) in [5, 5.41) is 9.52. The summed E-state index contributed by atoms with van der Waals surface area (Å²) in [5.74, 6) is 1.36. The minimum Gasteiger partial charge on any atom is -0.458 e. The van der Waals surface area contributed by atoms with E-state index in [1.807, 2.05) is 13.8 Å². The number of esters is 1. The van der Waals surface area contributed by atoms with E-state index in [9.17, 15) is 19.5 Å². The lowest BCUT2D eigenvalue weighted by Gasteiger charge is -2.57. The van der Waals surface area contributed by atoms with E-state index in [1.54, 1.807) is 0 Å². The van der Waals surface area contributed by atoms with Crippen LogP contribution in [0.1, 0.15) is 66.2 Å². The first-order chi connectivity index (χ1) is 16.1. The van der Waals surface area contributed by atoms with E-state index >= 15 is 0 Å². The zero-order valence-corrected chi connectivity index (χ0v) is 20.6. The second kappa shape index (κ2) is 7.13. The van der Waals surface area contributed by atoms with Crippen molar-refractivity contribution < 1.29 is 29.0 Å². The van der Waals surface area contributed by atoms with Gasteiger partial charge in [-0.05, 0) is 93.1 Å². The molecule has 0 aromatic rings. The van der Waals surface area contributed by atoms with Crippen LogP contribution in [0.2, 0.25) is 0 Å². The molecule has 0 aromatic heterocycles. The summed E-state index contributed by atoms with van der Waals surface area (Å²) in [6.07, 6.45) is 8.35. The second-order valence-corrected chi connectivity index (χ2v) is 12.4. The van der Waals surface area contributed by atoms with Crippen molar-refractivity contribution in [3.05, 3.63) is 23.3 Å². The van der Waals surface area contributed by atoms with Crippen molar-refractivity contribution in [1.82, 2.24) is 0 Å². The van der Waals surface area contributed by atoms with Gasteiger partial charge < -0.3 is 14.6 Å². The number of carbonyl (C=O) groups excluding carboxylic acids is 3. The van der Waals surface area contributed by atoms with Crippen molar-refractivity contribution in [1.29, 1.82) is 0 Å². The molecular formula is C28H36O6. The van der Waals surface area contributed by atoms with Gasteiger partial charge in [0.15, 0.2) is 17.2 Å². The number of ether oxygens (including phenoxy) is 2. The molecule has 3 saturated carbocycles. The number of hydrogen-bond donors (Lipinski definition) is 1. The van der Waals surface area contributed by atoms with Crippen LogP contribution in [0.3, 0.4) is 0 Å². The third-order valence-electron chi connectivity index (χ3n) is 11.4. The quantitative estimate of drug-likeness (QED) is 0.503. The first-order valence-corrected chi connectivity index (χ1v) is 13.0. The van der Waals surface area contributed by atoms with Crippen molar-refractivity contribution in [3.63, 3.8) is 0 Å². The van der Waals surface area contributed by atoms with Crippen LogP contribution in [0.4, 0.5) is 0 Å². The molecule has 184 valence electrons. The average Bonchev–Trinajstić information content (AvgIpc) is 3.43. The predicted octanol–water partition coefficient (Wildman–Crippen LogP) is 3.56. The molecule has 34 heavy (non-hydrogen) atoms. The Morgan fingerprint density at radius 2 is 1.82 bits per heavy atom. The number of aliphatic hydroxyl groups is 1. The molecule has 2 heterocycles. The van der Waals surface area contributed by atoms with E-state index in [0.717, 1.165) is 37.7 Å². The van der Waals surface area contributed by atoms with Gasteiger partial charge in [0.25, 0.3) is 0 Å². The van der Waals surface area contributed by atoms with Gasteiger partial charge in [0.2, 0.25) is 0 Å². The van der Waals surface area contributed by atoms with Gasteiger partial charge in [-0.1, -0.05) is 19.4 Å². The SMILES string of the molecule is CC1=C(CO)C(=O)OC([C@@H](C)C2CCC3C4C[C@H]5O[C@]56C(=O)C=CC(=O)[C@]6(C)C4CC[C@@]32C)C1. The largest absolute Gasteiger partial charge is 0.458 e.